The minimum atomic E-state index is -0.231. The first-order chi connectivity index (χ1) is 18.6. The van der Waals surface area contributed by atoms with E-state index < -0.39 is 0 Å². The van der Waals surface area contributed by atoms with Gasteiger partial charge in [-0.1, -0.05) is 31.0 Å². The average Bonchev–Trinajstić information content (AvgIpc) is 3.65. The fourth-order valence-electron chi connectivity index (χ4n) is 6.55. The summed E-state index contributed by atoms with van der Waals surface area (Å²) in [5, 5.41) is 11.0. The minimum Gasteiger partial charge on any atom is -0.383 e. The summed E-state index contributed by atoms with van der Waals surface area (Å²) in [6, 6.07) is 13.6. The highest BCUT2D eigenvalue weighted by Crippen LogP contribution is 2.47. The Bertz CT molecular complexity index is 1280. The summed E-state index contributed by atoms with van der Waals surface area (Å²) in [4.78, 5) is 33.8. The Balaban J connectivity index is 1.20. The number of anilines is 1. The highest BCUT2D eigenvalue weighted by atomic mass is 16.5. The second-order valence-electron chi connectivity index (χ2n) is 10.5. The number of nitrogens with zero attached hydrogens (tertiary/aromatic N) is 4. The summed E-state index contributed by atoms with van der Waals surface area (Å²) < 4.78 is 7.17. The molecular weight excluding hydrogens is 480 g/mol. The van der Waals surface area contributed by atoms with Crippen LogP contribution in [-0.2, 0) is 9.53 Å². The van der Waals surface area contributed by atoms with E-state index in [1.807, 2.05) is 24.4 Å². The molecule has 2 fully saturated rings. The number of rotatable bonds is 6. The van der Waals surface area contributed by atoms with Crippen LogP contribution in [-0.4, -0.2) is 63.8 Å². The molecule has 0 radical (unpaired) electrons. The summed E-state index contributed by atoms with van der Waals surface area (Å²) in [5.74, 6) is 0.675. The maximum Gasteiger partial charge on any atom is 0.253 e. The fourth-order valence-corrected chi connectivity index (χ4v) is 6.55. The first-order valence-corrected chi connectivity index (χ1v) is 13.6. The number of hydrogen-bond donors (Lipinski definition) is 2. The molecule has 4 heterocycles. The number of carbonyl (C=O) groups is 2. The molecule has 38 heavy (non-hydrogen) atoms. The Morgan fingerprint density at radius 2 is 1.97 bits per heavy atom. The van der Waals surface area contributed by atoms with E-state index in [0.29, 0.717) is 23.9 Å². The molecule has 0 unspecified atom stereocenters. The lowest BCUT2D eigenvalue weighted by atomic mass is 9.81. The van der Waals surface area contributed by atoms with Crippen LogP contribution in [0.2, 0.25) is 0 Å². The number of fused-ring (bicyclic) bond motifs is 3. The standard InChI is InChI=1S/C29H34N6O3/c1-38-18-25-21-13-16-34(27(21)20-7-2-4-9-23(20)32-25)29(37)22-8-3-5-10-24(22)33-28(36)19-11-12-26(30-17-19)35-15-6-14-31-35/h2,4,6-7,9,11-12,14-15,17,21-22,24-25,27,32H,3,5,8,10,13,16,18H2,1H3,(H,33,36)/t21-,22+,24-,25+,27+/m1/s1. The molecule has 198 valence electrons. The maximum absolute atomic E-state index is 14.1. The SMILES string of the molecule is COC[C@@H]1Nc2ccccc2[C@H]2[C@@H]1CCN2C(=O)[C@H]1CCCC[C@H]1NC(=O)c1ccc(-n2cccn2)nc1. The lowest BCUT2D eigenvalue weighted by Crippen LogP contribution is -2.50. The summed E-state index contributed by atoms with van der Waals surface area (Å²) >= 11 is 0. The largest absolute Gasteiger partial charge is 0.383 e. The Hall–Kier alpha value is -3.72. The van der Waals surface area contributed by atoms with Crippen LogP contribution >= 0.6 is 0 Å². The molecule has 3 aromatic rings. The lowest BCUT2D eigenvalue weighted by Gasteiger charge is -2.41. The van der Waals surface area contributed by atoms with E-state index in [9.17, 15) is 9.59 Å². The van der Waals surface area contributed by atoms with Gasteiger partial charge in [-0.2, -0.15) is 5.10 Å². The van der Waals surface area contributed by atoms with Gasteiger partial charge < -0.3 is 20.3 Å². The van der Waals surface area contributed by atoms with Crippen LogP contribution in [0.4, 0.5) is 5.69 Å². The van der Waals surface area contributed by atoms with Gasteiger partial charge in [0.05, 0.1) is 30.2 Å². The number of amides is 2. The highest BCUT2D eigenvalue weighted by molar-refractivity contribution is 5.94. The van der Waals surface area contributed by atoms with Crippen molar-refractivity contribution in [2.75, 3.05) is 25.6 Å². The number of ether oxygens (including phenoxy) is 1. The van der Waals surface area contributed by atoms with Gasteiger partial charge in [0, 0.05) is 49.9 Å². The molecule has 2 aliphatic heterocycles. The molecule has 9 heteroatoms. The number of nitrogens with one attached hydrogen (secondary N) is 2. The molecule has 3 aliphatic rings. The monoisotopic (exact) mass is 514 g/mol. The van der Waals surface area contributed by atoms with Crippen LogP contribution in [0.15, 0.2) is 61.1 Å². The molecule has 9 nitrogen and oxygen atoms in total. The zero-order chi connectivity index (χ0) is 26.1. The van der Waals surface area contributed by atoms with Gasteiger partial charge in [-0.3, -0.25) is 9.59 Å². The second kappa shape index (κ2) is 10.6. The number of methoxy groups -OCH3 is 1. The Kier molecular flexibility index (Phi) is 6.84. The highest BCUT2D eigenvalue weighted by Gasteiger charge is 2.48. The fraction of sp³-hybridized carbons (Fsp3) is 0.448. The first-order valence-electron chi connectivity index (χ1n) is 13.6. The van der Waals surface area contributed by atoms with Crippen LogP contribution in [0, 0.1) is 11.8 Å². The van der Waals surface area contributed by atoms with Gasteiger partial charge in [0.15, 0.2) is 5.82 Å². The van der Waals surface area contributed by atoms with E-state index >= 15 is 0 Å². The maximum atomic E-state index is 14.1. The molecule has 1 aromatic carbocycles. The third kappa shape index (κ3) is 4.55. The predicted molar refractivity (Wildman–Crippen MR) is 143 cm³/mol. The molecule has 0 bridgehead atoms. The molecule has 5 atom stereocenters. The van der Waals surface area contributed by atoms with E-state index in [2.05, 4.69) is 37.7 Å². The van der Waals surface area contributed by atoms with Crippen molar-refractivity contribution in [1.29, 1.82) is 0 Å². The molecule has 2 amide bonds. The molecule has 1 saturated heterocycles. The van der Waals surface area contributed by atoms with Crippen molar-refractivity contribution in [2.24, 2.45) is 11.8 Å². The zero-order valence-corrected chi connectivity index (χ0v) is 21.6. The number of pyridine rings is 1. The van der Waals surface area contributed by atoms with Gasteiger partial charge in [0.1, 0.15) is 0 Å². The van der Waals surface area contributed by atoms with Crippen LogP contribution in [0.5, 0.6) is 0 Å². The average molecular weight is 515 g/mol. The summed E-state index contributed by atoms with van der Waals surface area (Å²) in [5.41, 5.74) is 2.74. The Morgan fingerprint density at radius 3 is 2.76 bits per heavy atom. The molecule has 0 spiro atoms. The van der Waals surface area contributed by atoms with Gasteiger partial charge in [0.2, 0.25) is 5.91 Å². The first kappa shape index (κ1) is 24.6. The summed E-state index contributed by atoms with van der Waals surface area (Å²) in [6.07, 6.45) is 9.58. The number of aromatic nitrogens is 3. The predicted octanol–water partition coefficient (Wildman–Crippen LogP) is 3.59. The van der Waals surface area contributed by atoms with Crippen molar-refractivity contribution in [3.8, 4) is 5.82 Å². The van der Waals surface area contributed by atoms with E-state index in [1.165, 1.54) is 5.56 Å². The summed E-state index contributed by atoms with van der Waals surface area (Å²) in [6.45, 7) is 1.33. The van der Waals surface area contributed by atoms with Crippen LogP contribution in [0.25, 0.3) is 5.82 Å². The lowest BCUT2D eigenvalue weighted by molar-refractivity contribution is -0.139. The third-order valence-corrected chi connectivity index (χ3v) is 8.36. The van der Waals surface area contributed by atoms with Gasteiger partial charge in [-0.25, -0.2) is 9.67 Å². The number of carbonyl (C=O) groups excluding carboxylic acids is 2. The van der Waals surface area contributed by atoms with Crippen molar-refractivity contribution in [3.05, 3.63) is 72.2 Å². The molecule has 2 aromatic heterocycles. The van der Waals surface area contributed by atoms with Crippen molar-refractivity contribution >= 4 is 17.5 Å². The number of hydrogen-bond acceptors (Lipinski definition) is 6. The number of benzene rings is 1. The van der Waals surface area contributed by atoms with Crippen molar-refractivity contribution in [2.45, 2.75) is 50.2 Å². The van der Waals surface area contributed by atoms with E-state index in [0.717, 1.165) is 44.3 Å². The summed E-state index contributed by atoms with van der Waals surface area (Å²) in [7, 11) is 1.73. The molecule has 6 rings (SSSR count). The van der Waals surface area contributed by atoms with Gasteiger partial charge in [-0.15, -0.1) is 0 Å². The topological polar surface area (TPSA) is 101 Å². The molecule has 1 saturated carbocycles. The smallest absolute Gasteiger partial charge is 0.253 e. The number of para-hydroxylation sites is 1. The Labute approximate surface area is 222 Å². The minimum absolute atomic E-state index is 0.0254. The van der Waals surface area contributed by atoms with E-state index in [1.54, 1.807) is 36.3 Å². The zero-order valence-electron chi connectivity index (χ0n) is 21.6. The molecule has 1 aliphatic carbocycles. The van der Waals surface area contributed by atoms with Gasteiger partial charge in [-0.05, 0) is 49.1 Å². The second-order valence-corrected chi connectivity index (χ2v) is 10.5. The number of likely N-dealkylation sites (tertiary alicyclic amines) is 1. The van der Waals surface area contributed by atoms with Crippen LogP contribution < -0.4 is 10.6 Å². The van der Waals surface area contributed by atoms with Gasteiger partial charge >= 0.3 is 0 Å². The normalized spacial score (nSPS) is 26.2. The van der Waals surface area contributed by atoms with Crippen molar-refractivity contribution in [1.82, 2.24) is 25.0 Å². The Morgan fingerprint density at radius 1 is 1.11 bits per heavy atom. The third-order valence-electron chi connectivity index (χ3n) is 8.36. The molecule has 2 N–H and O–H groups in total. The van der Waals surface area contributed by atoms with Crippen LogP contribution in [0.3, 0.4) is 0 Å². The van der Waals surface area contributed by atoms with Crippen LogP contribution in [0.1, 0.15) is 54.1 Å². The van der Waals surface area contributed by atoms with Crippen molar-refractivity contribution in [3.63, 3.8) is 0 Å². The van der Waals surface area contributed by atoms with Crippen molar-refractivity contribution < 1.29 is 14.3 Å². The van der Waals surface area contributed by atoms with Gasteiger partial charge in [0.25, 0.3) is 5.91 Å². The quantitative estimate of drug-likeness (QED) is 0.522. The van der Waals surface area contributed by atoms with E-state index in [4.69, 9.17) is 4.74 Å². The van der Waals surface area contributed by atoms with E-state index in [-0.39, 0.29) is 35.9 Å². The molecular formula is C29H34N6O3.